The zero-order valence-corrected chi connectivity index (χ0v) is 12.0. The molecule has 1 aliphatic rings. The third kappa shape index (κ3) is 7.05. The molecule has 0 fully saturated rings. The van der Waals surface area contributed by atoms with E-state index in [4.69, 9.17) is 12.6 Å². The second kappa shape index (κ2) is 10.1. The van der Waals surface area contributed by atoms with Crippen molar-refractivity contribution in [2.75, 3.05) is 39.3 Å². The van der Waals surface area contributed by atoms with Crippen LogP contribution in [0.25, 0.3) is 0 Å². The second-order valence-corrected chi connectivity index (χ2v) is 4.44. The predicted octanol–water partition coefficient (Wildman–Crippen LogP) is -1.46. The normalized spacial score (nSPS) is 14.0. The van der Waals surface area contributed by atoms with Gasteiger partial charge in [0.2, 0.25) is 5.91 Å². The summed E-state index contributed by atoms with van der Waals surface area (Å²) in [4.78, 5) is 35.1. The van der Waals surface area contributed by atoms with Gasteiger partial charge in [-0.3, -0.25) is 19.3 Å². The summed E-state index contributed by atoms with van der Waals surface area (Å²) >= 11 is 0. The molecule has 0 aliphatic carbocycles. The molecule has 114 valence electrons. The highest BCUT2D eigenvalue weighted by Crippen LogP contribution is 2.03. The summed E-state index contributed by atoms with van der Waals surface area (Å²) in [5, 5.41) is 5.88. The minimum Gasteiger partial charge on any atom is -0.390 e. The van der Waals surface area contributed by atoms with E-state index in [0.717, 1.165) is 24.4 Å². The number of nitrogens with one attached hydrogen (secondary N) is 2. The van der Waals surface area contributed by atoms with Gasteiger partial charge >= 0.3 is 0 Å². The molecule has 0 spiro atoms. The summed E-state index contributed by atoms with van der Waals surface area (Å²) < 4.78 is 4.96. The molecule has 0 aromatic carbocycles. The molecule has 21 heavy (non-hydrogen) atoms. The molecule has 7 nitrogen and oxygen atoms in total. The third-order valence-corrected chi connectivity index (χ3v) is 2.86. The topological polar surface area (TPSA) is 87.7 Å². The van der Waals surface area contributed by atoms with Gasteiger partial charge in [0, 0.05) is 44.7 Å². The van der Waals surface area contributed by atoms with Gasteiger partial charge in [0.25, 0.3) is 11.8 Å². The van der Waals surface area contributed by atoms with Gasteiger partial charge in [-0.05, 0) is 13.0 Å². The molecule has 0 aromatic heterocycles. The molecular weight excluding hydrogens is 273 g/mol. The lowest BCUT2D eigenvalue weighted by atomic mass is 10.2. The van der Waals surface area contributed by atoms with E-state index in [-0.39, 0.29) is 37.2 Å². The van der Waals surface area contributed by atoms with E-state index in [1.54, 1.807) is 0 Å². The summed E-state index contributed by atoms with van der Waals surface area (Å²) in [6, 6.07) is 0. The van der Waals surface area contributed by atoms with Crippen LogP contribution >= 0.6 is 0 Å². The minimum absolute atomic E-state index is 0.116. The van der Waals surface area contributed by atoms with Crippen molar-refractivity contribution >= 4 is 25.6 Å². The molecular formula is C13H20BN3O4. The second-order valence-electron chi connectivity index (χ2n) is 4.44. The van der Waals surface area contributed by atoms with Crippen molar-refractivity contribution in [3.8, 4) is 0 Å². The Bertz CT molecular complexity index is 383. The van der Waals surface area contributed by atoms with Gasteiger partial charge in [-0.15, -0.1) is 0 Å². The standard InChI is InChI=1S/C13H20BN3O4/c14-10-21-9-7-15-5-1-6-16-11(18)4-8-17-12(19)2-3-13(17)20/h2-3,15H,1,4-10H2,(H,16,18). The molecule has 1 aliphatic heterocycles. The summed E-state index contributed by atoms with van der Waals surface area (Å²) in [6.45, 7) is 2.93. The molecule has 0 aromatic rings. The van der Waals surface area contributed by atoms with Crippen LogP contribution < -0.4 is 10.6 Å². The van der Waals surface area contributed by atoms with E-state index in [9.17, 15) is 14.4 Å². The van der Waals surface area contributed by atoms with Crippen molar-refractivity contribution in [3.63, 3.8) is 0 Å². The lowest BCUT2D eigenvalue weighted by Crippen LogP contribution is -2.35. The van der Waals surface area contributed by atoms with Crippen molar-refractivity contribution in [2.45, 2.75) is 12.8 Å². The Morgan fingerprint density at radius 2 is 1.90 bits per heavy atom. The Morgan fingerprint density at radius 3 is 2.57 bits per heavy atom. The Labute approximate surface area is 125 Å². The minimum atomic E-state index is -0.364. The van der Waals surface area contributed by atoms with Crippen molar-refractivity contribution < 1.29 is 19.1 Å². The lowest BCUT2D eigenvalue weighted by Gasteiger charge is -2.13. The zero-order valence-electron chi connectivity index (χ0n) is 12.0. The first kappa shape index (κ1) is 17.4. The van der Waals surface area contributed by atoms with Gasteiger partial charge in [0.05, 0.1) is 6.61 Å². The summed E-state index contributed by atoms with van der Waals surface area (Å²) in [5.41, 5.74) is 0. The molecule has 1 heterocycles. The first-order valence-corrected chi connectivity index (χ1v) is 6.94. The highest BCUT2D eigenvalue weighted by molar-refractivity contribution is 6.13. The fraction of sp³-hybridized carbons (Fsp3) is 0.615. The fourth-order valence-corrected chi connectivity index (χ4v) is 1.75. The van der Waals surface area contributed by atoms with Crippen LogP contribution in [0.1, 0.15) is 12.8 Å². The molecule has 0 bridgehead atoms. The summed E-state index contributed by atoms with van der Waals surface area (Å²) in [6.07, 6.45) is 3.33. The van der Waals surface area contributed by atoms with E-state index >= 15 is 0 Å². The van der Waals surface area contributed by atoms with Gasteiger partial charge in [0.1, 0.15) is 7.85 Å². The van der Waals surface area contributed by atoms with Gasteiger partial charge in [-0.25, -0.2) is 0 Å². The van der Waals surface area contributed by atoms with E-state index in [0.29, 0.717) is 13.2 Å². The number of carbonyl (C=O) groups excluding carboxylic acids is 3. The average molecular weight is 293 g/mol. The van der Waals surface area contributed by atoms with E-state index in [1.165, 1.54) is 12.2 Å². The third-order valence-electron chi connectivity index (χ3n) is 2.86. The van der Waals surface area contributed by atoms with E-state index < -0.39 is 0 Å². The van der Waals surface area contributed by atoms with Crippen LogP contribution in [0, 0.1) is 0 Å². The fourth-order valence-electron chi connectivity index (χ4n) is 1.75. The molecule has 3 amide bonds. The van der Waals surface area contributed by atoms with Crippen molar-refractivity contribution in [1.29, 1.82) is 0 Å². The quantitative estimate of drug-likeness (QED) is 0.276. The van der Waals surface area contributed by atoms with Gasteiger partial charge in [-0.1, -0.05) is 0 Å². The van der Waals surface area contributed by atoms with Gasteiger partial charge < -0.3 is 15.4 Å². The van der Waals surface area contributed by atoms with Crippen molar-refractivity contribution in [3.05, 3.63) is 12.2 Å². The molecule has 8 heteroatoms. The van der Waals surface area contributed by atoms with Crippen molar-refractivity contribution in [2.24, 2.45) is 0 Å². The lowest BCUT2D eigenvalue weighted by molar-refractivity contribution is -0.137. The monoisotopic (exact) mass is 293 g/mol. The first-order chi connectivity index (χ1) is 10.1. The predicted molar refractivity (Wildman–Crippen MR) is 77.5 cm³/mol. The van der Waals surface area contributed by atoms with Crippen molar-refractivity contribution in [1.82, 2.24) is 15.5 Å². The summed E-state index contributed by atoms with van der Waals surface area (Å²) in [7, 11) is 5.17. The zero-order chi connectivity index (χ0) is 15.5. The highest BCUT2D eigenvalue weighted by atomic mass is 16.5. The number of hydrogen-bond donors (Lipinski definition) is 2. The molecule has 2 N–H and O–H groups in total. The smallest absolute Gasteiger partial charge is 0.253 e. The molecule has 2 radical (unpaired) electrons. The Kier molecular flexibility index (Phi) is 8.38. The Balaban J connectivity index is 1.97. The number of carbonyl (C=O) groups is 3. The molecule has 0 saturated carbocycles. The van der Waals surface area contributed by atoms with Crippen LogP contribution in [0.15, 0.2) is 12.2 Å². The van der Waals surface area contributed by atoms with E-state index in [1.807, 2.05) is 0 Å². The van der Waals surface area contributed by atoms with Crippen LogP contribution in [0.2, 0.25) is 0 Å². The Hall–Kier alpha value is -1.67. The largest absolute Gasteiger partial charge is 0.390 e. The van der Waals surface area contributed by atoms with Gasteiger partial charge in [0.15, 0.2) is 0 Å². The number of hydrogen-bond acceptors (Lipinski definition) is 5. The maximum atomic E-state index is 11.6. The Morgan fingerprint density at radius 1 is 1.19 bits per heavy atom. The van der Waals surface area contributed by atoms with Crippen LogP contribution in [0.5, 0.6) is 0 Å². The summed E-state index contributed by atoms with van der Waals surface area (Å²) in [5.74, 6) is -0.901. The average Bonchev–Trinajstić information content (AvgIpc) is 2.78. The highest BCUT2D eigenvalue weighted by Gasteiger charge is 2.23. The number of amides is 3. The maximum absolute atomic E-state index is 11.6. The molecule has 0 saturated heterocycles. The number of rotatable bonds is 11. The van der Waals surface area contributed by atoms with Crippen LogP contribution in [0.4, 0.5) is 0 Å². The molecule has 0 unspecified atom stereocenters. The number of ether oxygens (including phenoxy) is 1. The van der Waals surface area contributed by atoms with E-state index in [2.05, 4.69) is 10.6 Å². The maximum Gasteiger partial charge on any atom is 0.253 e. The van der Waals surface area contributed by atoms with Gasteiger partial charge in [-0.2, -0.15) is 0 Å². The SMILES string of the molecule is [B]COCCNCCCNC(=O)CCN1C(=O)C=CC1=O. The van der Waals surface area contributed by atoms with Crippen LogP contribution in [-0.2, 0) is 19.1 Å². The first-order valence-electron chi connectivity index (χ1n) is 6.94. The molecule has 1 rings (SSSR count). The van der Waals surface area contributed by atoms with Crippen LogP contribution in [0.3, 0.4) is 0 Å². The number of imide groups is 1. The molecule has 0 atom stereocenters. The van der Waals surface area contributed by atoms with Crippen LogP contribution in [-0.4, -0.2) is 69.8 Å². The number of nitrogens with zero attached hydrogens (tertiary/aromatic N) is 1.